The highest BCUT2D eigenvalue weighted by atomic mass is 35.5. The molecule has 0 bridgehead atoms. The van der Waals surface area contributed by atoms with Crippen LogP contribution in [0, 0.1) is 0 Å². The van der Waals surface area contributed by atoms with Gasteiger partial charge in [0.25, 0.3) is 5.91 Å². The van der Waals surface area contributed by atoms with Gasteiger partial charge in [-0.05, 0) is 14.0 Å². The van der Waals surface area contributed by atoms with Crippen molar-refractivity contribution >= 4 is 18.3 Å². The van der Waals surface area contributed by atoms with Crippen molar-refractivity contribution < 1.29 is 4.79 Å². The van der Waals surface area contributed by atoms with Gasteiger partial charge in [0.05, 0.1) is 6.04 Å². The number of nitrogens with zero attached hydrogens (tertiary/aromatic N) is 5. The quantitative estimate of drug-likeness (QED) is 0.808. The summed E-state index contributed by atoms with van der Waals surface area (Å²) in [5, 5.41) is 7.14. The molecule has 102 valence electrons. The van der Waals surface area contributed by atoms with E-state index in [9.17, 15) is 4.79 Å². The van der Waals surface area contributed by atoms with Crippen LogP contribution in [0.3, 0.4) is 0 Å². The van der Waals surface area contributed by atoms with Crippen LogP contribution in [0.4, 0.5) is 0 Å². The molecule has 19 heavy (non-hydrogen) atoms. The third-order valence-electron chi connectivity index (χ3n) is 2.52. The minimum Gasteiger partial charge on any atom is -0.364 e. The lowest BCUT2D eigenvalue weighted by molar-refractivity contribution is 0.0995. The van der Waals surface area contributed by atoms with E-state index >= 15 is 0 Å². The van der Waals surface area contributed by atoms with Crippen LogP contribution >= 0.6 is 12.4 Å². The van der Waals surface area contributed by atoms with E-state index in [1.165, 1.54) is 23.4 Å². The summed E-state index contributed by atoms with van der Waals surface area (Å²) in [6.07, 6.45) is 2.69. The van der Waals surface area contributed by atoms with Gasteiger partial charge < -0.3 is 11.1 Å². The highest BCUT2D eigenvalue weighted by Crippen LogP contribution is 2.12. The molecule has 3 N–H and O–H groups in total. The van der Waals surface area contributed by atoms with E-state index in [1.54, 1.807) is 0 Å². The lowest BCUT2D eigenvalue weighted by Crippen LogP contribution is -2.19. The second kappa shape index (κ2) is 6.21. The molecule has 0 aliphatic carbocycles. The van der Waals surface area contributed by atoms with Crippen molar-refractivity contribution in [1.82, 2.24) is 30.0 Å². The maximum Gasteiger partial charge on any atom is 0.267 e. The van der Waals surface area contributed by atoms with Crippen LogP contribution < -0.4 is 11.1 Å². The Morgan fingerprint density at radius 1 is 1.37 bits per heavy atom. The van der Waals surface area contributed by atoms with Crippen molar-refractivity contribution in [3.8, 4) is 5.82 Å². The zero-order valence-electron chi connectivity index (χ0n) is 10.4. The fraction of sp³-hybridized carbons (Fsp3) is 0.300. The lowest BCUT2D eigenvalue weighted by Gasteiger charge is -2.10. The third-order valence-corrected chi connectivity index (χ3v) is 2.52. The summed E-state index contributed by atoms with van der Waals surface area (Å²) < 4.78 is 1.54. The molecule has 2 heterocycles. The van der Waals surface area contributed by atoms with Gasteiger partial charge in [0.1, 0.15) is 18.3 Å². The second-order valence-electron chi connectivity index (χ2n) is 3.67. The van der Waals surface area contributed by atoms with E-state index in [-0.39, 0.29) is 24.1 Å². The molecule has 8 nitrogen and oxygen atoms in total. The number of aromatic nitrogens is 5. The summed E-state index contributed by atoms with van der Waals surface area (Å²) in [6, 6.07) is 1.47. The van der Waals surface area contributed by atoms with Crippen LogP contribution in [-0.2, 0) is 0 Å². The number of hydrogen-bond donors (Lipinski definition) is 2. The zero-order chi connectivity index (χ0) is 13.1. The van der Waals surface area contributed by atoms with Crippen LogP contribution in [0.5, 0.6) is 0 Å². The summed E-state index contributed by atoms with van der Waals surface area (Å²) in [5.41, 5.74) is 5.31. The van der Waals surface area contributed by atoms with Crippen LogP contribution in [0.2, 0.25) is 0 Å². The predicted octanol–water partition coefficient (Wildman–Crippen LogP) is -0.142. The Balaban J connectivity index is 0.00000180. The SMILES string of the molecule is CN[C@@H](C)c1ncnn1-c1cc(C(N)=O)ncn1.Cl. The number of hydrogen-bond acceptors (Lipinski definition) is 6. The van der Waals surface area contributed by atoms with Crippen molar-refractivity contribution in [1.29, 1.82) is 0 Å². The Labute approximate surface area is 115 Å². The number of nitrogens with one attached hydrogen (secondary N) is 1. The maximum absolute atomic E-state index is 11.1. The molecular weight excluding hydrogens is 270 g/mol. The van der Waals surface area contributed by atoms with E-state index in [0.29, 0.717) is 11.6 Å². The van der Waals surface area contributed by atoms with E-state index in [0.717, 1.165) is 0 Å². The average molecular weight is 284 g/mol. The van der Waals surface area contributed by atoms with Gasteiger partial charge in [-0.1, -0.05) is 0 Å². The van der Waals surface area contributed by atoms with E-state index in [1.807, 2.05) is 14.0 Å². The number of halogens is 1. The summed E-state index contributed by atoms with van der Waals surface area (Å²) in [6.45, 7) is 1.94. The van der Waals surface area contributed by atoms with Crippen molar-refractivity contribution in [3.63, 3.8) is 0 Å². The largest absolute Gasteiger partial charge is 0.364 e. The van der Waals surface area contributed by atoms with Crippen LogP contribution in [0.1, 0.15) is 29.3 Å². The topological polar surface area (TPSA) is 112 Å². The maximum atomic E-state index is 11.1. The van der Waals surface area contributed by atoms with Gasteiger partial charge in [-0.3, -0.25) is 4.79 Å². The van der Waals surface area contributed by atoms with Gasteiger partial charge in [-0.25, -0.2) is 15.0 Å². The van der Waals surface area contributed by atoms with E-state index < -0.39 is 5.91 Å². The van der Waals surface area contributed by atoms with Crippen molar-refractivity contribution in [2.75, 3.05) is 7.05 Å². The normalized spacial score (nSPS) is 11.7. The first kappa shape index (κ1) is 15.0. The smallest absolute Gasteiger partial charge is 0.267 e. The van der Waals surface area contributed by atoms with E-state index in [4.69, 9.17) is 5.73 Å². The number of carbonyl (C=O) groups is 1. The van der Waals surface area contributed by atoms with Gasteiger partial charge in [-0.2, -0.15) is 9.78 Å². The Hall–Kier alpha value is -2.06. The first-order valence-corrected chi connectivity index (χ1v) is 5.33. The molecule has 0 saturated heterocycles. The molecule has 2 rings (SSSR count). The summed E-state index contributed by atoms with van der Waals surface area (Å²) in [5.74, 6) is 0.530. The number of nitrogens with two attached hydrogens (primary N) is 1. The highest BCUT2D eigenvalue weighted by molar-refractivity contribution is 5.90. The highest BCUT2D eigenvalue weighted by Gasteiger charge is 2.14. The summed E-state index contributed by atoms with van der Waals surface area (Å²) >= 11 is 0. The standard InChI is InChI=1S/C10H13N7O.ClH/c1-6(12-2)10-15-5-16-17(10)8-3-7(9(11)18)13-4-14-8;/h3-6,12H,1-2H3,(H2,11,18);1H/t6-;/m0./s1. The van der Waals surface area contributed by atoms with Crippen molar-refractivity contribution in [3.05, 3.63) is 30.2 Å². The minimum absolute atomic E-state index is 0. The molecule has 0 aliphatic heterocycles. The van der Waals surface area contributed by atoms with Gasteiger partial charge in [0.2, 0.25) is 0 Å². The molecule has 1 atom stereocenters. The van der Waals surface area contributed by atoms with Gasteiger partial charge in [0.15, 0.2) is 11.6 Å². The van der Waals surface area contributed by atoms with Crippen molar-refractivity contribution in [2.45, 2.75) is 13.0 Å². The number of primary amides is 1. The number of amides is 1. The first-order chi connectivity index (χ1) is 8.63. The molecule has 0 aliphatic rings. The van der Waals surface area contributed by atoms with Crippen LogP contribution in [0.15, 0.2) is 18.7 Å². The van der Waals surface area contributed by atoms with Gasteiger partial charge in [0, 0.05) is 6.07 Å². The fourth-order valence-electron chi connectivity index (χ4n) is 1.45. The molecule has 0 spiro atoms. The van der Waals surface area contributed by atoms with Gasteiger partial charge >= 0.3 is 0 Å². The molecule has 0 fully saturated rings. The number of rotatable bonds is 4. The molecule has 9 heteroatoms. The number of carbonyl (C=O) groups excluding carboxylic acids is 1. The molecule has 0 radical (unpaired) electrons. The second-order valence-corrected chi connectivity index (χ2v) is 3.67. The fourth-order valence-corrected chi connectivity index (χ4v) is 1.45. The predicted molar refractivity (Wildman–Crippen MR) is 70.2 cm³/mol. The lowest BCUT2D eigenvalue weighted by atomic mass is 10.3. The Morgan fingerprint density at radius 3 is 2.74 bits per heavy atom. The Morgan fingerprint density at radius 2 is 2.11 bits per heavy atom. The molecule has 2 aromatic rings. The average Bonchev–Trinajstić information content (AvgIpc) is 2.87. The third kappa shape index (κ3) is 3.04. The minimum atomic E-state index is -0.609. The van der Waals surface area contributed by atoms with Crippen LogP contribution in [0.25, 0.3) is 5.82 Å². The van der Waals surface area contributed by atoms with Crippen molar-refractivity contribution in [2.24, 2.45) is 5.73 Å². The molecule has 0 saturated carbocycles. The molecule has 0 unspecified atom stereocenters. The molecule has 1 amide bonds. The monoisotopic (exact) mass is 283 g/mol. The van der Waals surface area contributed by atoms with Crippen LogP contribution in [-0.4, -0.2) is 37.7 Å². The van der Waals surface area contributed by atoms with Gasteiger partial charge in [-0.15, -0.1) is 12.4 Å². The Bertz CT molecular complexity index is 571. The Kier molecular flexibility index (Phi) is 4.90. The van der Waals surface area contributed by atoms with E-state index in [2.05, 4.69) is 25.4 Å². The summed E-state index contributed by atoms with van der Waals surface area (Å²) in [4.78, 5) is 23.1. The summed E-state index contributed by atoms with van der Waals surface area (Å²) in [7, 11) is 1.82. The zero-order valence-corrected chi connectivity index (χ0v) is 11.3. The molecular formula is C10H14ClN7O. The first-order valence-electron chi connectivity index (χ1n) is 5.33. The molecule has 0 aromatic carbocycles. The molecule has 2 aromatic heterocycles.